The highest BCUT2D eigenvalue weighted by Gasteiger charge is 2.32. The summed E-state index contributed by atoms with van der Waals surface area (Å²) in [4.78, 5) is 30.3. The third-order valence-electron chi connectivity index (χ3n) is 5.50. The molecule has 0 N–H and O–H groups in total. The first kappa shape index (κ1) is 22.1. The molecule has 1 fully saturated rings. The molecule has 0 saturated carbocycles. The molecule has 170 valence electrons. The SMILES string of the molecule is Cc1ccc(-c2noc(CN3CCN(S(=O)(=O)c4cn(C)c(=O)n(C)c4=O)CC3)n2)cc1. The fraction of sp³-hybridized carbons (Fsp3) is 0.400. The summed E-state index contributed by atoms with van der Waals surface area (Å²) < 4.78 is 34.5. The topological polar surface area (TPSA) is 124 Å². The molecule has 0 aliphatic carbocycles. The van der Waals surface area contributed by atoms with Crippen LogP contribution in [0.15, 0.2) is 49.5 Å². The Hall–Kier alpha value is -3.09. The molecule has 0 bridgehead atoms. The average Bonchev–Trinajstić information content (AvgIpc) is 3.24. The van der Waals surface area contributed by atoms with Crippen molar-refractivity contribution >= 4 is 10.0 Å². The summed E-state index contributed by atoms with van der Waals surface area (Å²) in [5.41, 5.74) is 0.592. The molecule has 11 nitrogen and oxygen atoms in total. The Morgan fingerprint density at radius 1 is 1.03 bits per heavy atom. The lowest BCUT2D eigenvalue weighted by Gasteiger charge is -2.33. The summed E-state index contributed by atoms with van der Waals surface area (Å²) in [6.45, 7) is 3.68. The number of benzene rings is 1. The minimum absolute atomic E-state index is 0.202. The number of piperazine rings is 1. The van der Waals surface area contributed by atoms with Gasteiger partial charge in [0.05, 0.1) is 6.54 Å². The quantitative estimate of drug-likeness (QED) is 0.519. The minimum atomic E-state index is -4.02. The van der Waals surface area contributed by atoms with Gasteiger partial charge in [-0.15, -0.1) is 0 Å². The van der Waals surface area contributed by atoms with Crippen LogP contribution in [-0.4, -0.2) is 63.1 Å². The van der Waals surface area contributed by atoms with Crippen molar-refractivity contribution in [1.29, 1.82) is 0 Å². The number of aromatic nitrogens is 4. The maximum atomic E-state index is 13.0. The summed E-state index contributed by atoms with van der Waals surface area (Å²) in [6.07, 6.45) is 1.08. The van der Waals surface area contributed by atoms with E-state index in [1.807, 2.05) is 36.1 Å². The van der Waals surface area contributed by atoms with Gasteiger partial charge in [-0.3, -0.25) is 14.3 Å². The lowest BCUT2D eigenvalue weighted by Crippen LogP contribution is -2.50. The highest BCUT2D eigenvalue weighted by Crippen LogP contribution is 2.18. The number of hydrogen-bond acceptors (Lipinski definition) is 8. The normalized spacial score (nSPS) is 15.8. The molecule has 0 atom stereocenters. The van der Waals surface area contributed by atoms with Crippen molar-refractivity contribution in [2.24, 2.45) is 14.1 Å². The Balaban J connectivity index is 1.43. The molecule has 3 aromatic rings. The summed E-state index contributed by atoms with van der Waals surface area (Å²) in [5.74, 6) is 0.954. The first-order valence-corrected chi connectivity index (χ1v) is 11.5. The van der Waals surface area contributed by atoms with Crippen LogP contribution in [0, 0.1) is 6.92 Å². The fourth-order valence-corrected chi connectivity index (χ4v) is 5.12. The van der Waals surface area contributed by atoms with Gasteiger partial charge in [0.15, 0.2) is 4.90 Å². The summed E-state index contributed by atoms with van der Waals surface area (Å²) in [5, 5.41) is 4.02. The molecule has 0 unspecified atom stereocenters. The number of sulfonamides is 1. The molecular formula is C20H24N6O5S. The van der Waals surface area contributed by atoms with Crippen LogP contribution >= 0.6 is 0 Å². The van der Waals surface area contributed by atoms with Gasteiger partial charge in [0.2, 0.25) is 21.7 Å². The lowest BCUT2D eigenvalue weighted by molar-refractivity contribution is 0.163. The van der Waals surface area contributed by atoms with Crippen molar-refractivity contribution in [2.75, 3.05) is 26.2 Å². The Bertz CT molecular complexity index is 1350. The van der Waals surface area contributed by atoms with Crippen molar-refractivity contribution < 1.29 is 12.9 Å². The maximum absolute atomic E-state index is 13.0. The highest BCUT2D eigenvalue weighted by molar-refractivity contribution is 7.89. The summed E-state index contributed by atoms with van der Waals surface area (Å²) in [6, 6.07) is 7.81. The molecule has 2 aromatic heterocycles. The van der Waals surface area contributed by atoms with Gasteiger partial charge in [0.25, 0.3) is 5.56 Å². The molecule has 4 rings (SSSR count). The van der Waals surface area contributed by atoms with Gasteiger partial charge >= 0.3 is 5.69 Å². The molecule has 12 heteroatoms. The van der Waals surface area contributed by atoms with Gasteiger partial charge in [-0.2, -0.15) is 9.29 Å². The molecule has 1 aliphatic rings. The Labute approximate surface area is 184 Å². The zero-order valence-corrected chi connectivity index (χ0v) is 18.9. The van der Waals surface area contributed by atoms with Crippen LogP contribution in [0.1, 0.15) is 11.5 Å². The van der Waals surface area contributed by atoms with E-state index in [2.05, 4.69) is 10.1 Å². The van der Waals surface area contributed by atoms with Crippen LogP contribution in [0.5, 0.6) is 0 Å². The van der Waals surface area contributed by atoms with Gasteiger partial charge in [-0.25, -0.2) is 13.2 Å². The van der Waals surface area contributed by atoms with E-state index in [0.29, 0.717) is 31.3 Å². The average molecular weight is 461 g/mol. The van der Waals surface area contributed by atoms with Crippen LogP contribution < -0.4 is 11.2 Å². The van der Waals surface area contributed by atoms with Crippen LogP contribution in [0.25, 0.3) is 11.4 Å². The Morgan fingerprint density at radius 2 is 1.69 bits per heavy atom. The number of rotatable bonds is 5. The predicted octanol–water partition coefficient (Wildman–Crippen LogP) is -0.0511. The Kier molecular flexibility index (Phi) is 5.84. The summed E-state index contributed by atoms with van der Waals surface area (Å²) in [7, 11) is -1.35. The predicted molar refractivity (Wildman–Crippen MR) is 115 cm³/mol. The first-order chi connectivity index (χ1) is 15.2. The van der Waals surface area contributed by atoms with E-state index in [-0.39, 0.29) is 13.1 Å². The molecule has 32 heavy (non-hydrogen) atoms. The minimum Gasteiger partial charge on any atom is -0.338 e. The van der Waals surface area contributed by atoms with Gasteiger partial charge in [0.1, 0.15) is 0 Å². The van der Waals surface area contributed by atoms with Gasteiger partial charge in [0, 0.05) is 52.0 Å². The van der Waals surface area contributed by atoms with Crippen molar-refractivity contribution in [3.05, 3.63) is 62.8 Å². The molecule has 1 aromatic carbocycles. The van der Waals surface area contributed by atoms with Crippen LogP contribution in [0.2, 0.25) is 0 Å². The maximum Gasteiger partial charge on any atom is 0.330 e. The second kappa shape index (κ2) is 8.45. The van der Waals surface area contributed by atoms with E-state index >= 15 is 0 Å². The van der Waals surface area contributed by atoms with Gasteiger partial charge in [-0.1, -0.05) is 35.0 Å². The van der Waals surface area contributed by atoms with Crippen molar-refractivity contribution in [3.8, 4) is 11.4 Å². The van der Waals surface area contributed by atoms with Crippen LogP contribution in [0.4, 0.5) is 0 Å². The molecule has 1 aliphatic heterocycles. The summed E-state index contributed by atoms with van der Waals surface area (Å²) >= 11 is 0. The van der Waals surface area contributed by atoms with E-state index in [4.69, 9.17) is 4.52 Å². The zero-order chi connectivity index (χ0) is 23.0. The fourth-order valence-electron chi connectivity index (χ4n) is 3.55. The van der Waals surface area contributed by atoms with E-state index in [1.54, 1.807) is 0 Å². The molecule has 3 heterocycles. The van der Waals surface area contributed by atoms with E-state index in [0.717, 1.165) is 26.5 Å². The molecule has 0 radical (unpaired) electrons. The van der Waals surface area contributed by atoms with Crippen molar-refractivity contribution in [2.45, 2.75) is 18.4 Å². The second-order valence-corrected chi connectivity index (χ2v) is 9.72. The lowest BCUT2D eigenvalue weighted by atomic mass is 10.1. The number of hydrogen-bond donors (Lipinski definition) is 0. The standard InChI is InChI=1S/C20H24N6O5S/c1-14-4-6-15(7-5-14)18-21-17(31-22-18)13-25-8-10-26(11-9-25)32(29,30)16-12-23(2)20(28)24(3)19(16)27/h4-7,12H,8-11,13H2,1-3H3. The van der Waals surface area contributed by atoms with Crippen molar-refractivity contribution in [1.82, 2.24) is 28.5 Å². The van der Waals surface area contributed by atoms with E-state index < -0.39 is 26.2 Å². The third kappa shape index (κ3) is 4.16. The Morgan fingerprint density at radius 3 is 2.34 bits per heavy atom. The van der Waals surface area contributed by atoms with E-state index in [9.17, 15) is 18.0 Å². The van der Waals surface area contributed by atoms with Gasteiger partial charge < -0.3 is 9.09 Å². The monoisotopic (exact) mass is 460 g/mol. The molecule has 0 amide bonds. The smallest absolute Gasteiger partial charge is 0.330 e. The first-order valence-electron chi connectivity index (χ1n) is 10.1. The zero-order valence-electron chi connectivity index (χ0n) is 18.1. The molecule has 0 spiro atoms. The molecular weight excluding hydrogens is 436 g/mol. The van der Waals surface area contributed by atoms with Crippen LogP contribution in [0.3, 0.4) is 0 Å². The third-order valence-corrected chi connectivity index (χ3v) is 7.38. The van der Waals surface area contributed by atoms with Crippen LogP contribution in [-0.2, 0) is 30.7 Å². The number of nitrogens with zero attached hydrogens (tertiary/aromatic N) is 6. The van der Waals surface area contributed by atoms with Crippen molar-refractivity contribution in [3.63, 3.8) is 0 Å². The highest BCUT2D eigenvalue weighted by atomic mass is 32.2. The largest absolute Gasteiger partial charge is 0.338 e. The number of aryl methyl sites for hydroxylation is 2. The van der Waals surface area contributed by atoms with E-state index in [1.165, 1.54) is 18.4 Å². The molecule has 1 saturated heterocycles. The second-order valence-electron chi connectivity index (χ2n) is 7.81. The van der Waals surface area contributed by atoms with Gasteiger partial charge in [-0.05, 0) is 6.92 Å².